The van der Waals surface area contributed by atoms with E-state index < -0.39 is 32.5 Å². The third kappa shape index (κ3) is 4.55. The van der Waals surface area contributed by atoms with Crippen molar-refractivity contribution < 1.29 is 30.6 Å². The van der Waals surface area contributed by atoms with E-state index in [9.17, 15) is 26.4 Å². The molecule has 0 aliphatic carbocycles. The lowest BCUT2D eigenvalue weighted by molar-refractivity contribution is -0.137. The molecule has 0 fully saturated rings. The molecule has 3 aromatic rings. The molecule has 0 spiro atoms. The van der Waals surface area contributed by atoms with Crippen LogP contribution in [0.15, 0.2) is 50.7 Å². The van der Waals surface area contributed by atoms with Gasteiger partial charge in [0, 0.05) is 25.1 Å². The van der Waals surface area contributed by atoms with Crippen molar-refractivity contribution in [1.29, 1.82) is 0 Å². The standard InChI is InChI=1S/C19H16F3N3O5S/c20-19(21,22)12-3-1-11(2-4-12)17-23-15-7-8-25(10-14(15)18(26)24-17)9-13-5-6-16(30-13)31(27,28)29/h1-6H,7-10H2,(H,23,24,26)(H,27,28,29). The number of benzene rings is 1. The Kier molecular flexibility index (Phi) is 5.23. The van der Waals surface area contributed by atoms with Crippen molar-refractivity contribution in [3.05, 3.63) is 69.3 Å². The molecule has 1 aromatic carbocycles. The molecule has 0 bridgehead atoms. The molecule has 164 valence electrons. The fourth-order valence-corrected chi connectivity index (χ4v) is 3.82. The van der Waals surface area contributed by atoms with E-state index >= 15 is 0 Å². The largest absolute Gasteiger partial charge is 0.446 e. The summed E-state index contributed by atoms with van der Waals surface area (Å²) in [5.41, 5.74) is 0.144. The van der Waals surface area contributed by atoms with Crippen molar-refractivity contribution >= 4 is 10.1 Å². The molecule has 31 heavy (non-hydrogen) atoms. The third-order valence-electron chi connectivity index (χ3n) is 4.90. The lowest BCUT2D eigenvalue weighted by atomic mass is 10.1. The summed E-state index contributed by atoms with van der Waals surface area (Å²) >= 11 is 0. The first-order chi connectivity index (χ1) is 14.5. The Morgan fingerprint density at radius 2 is 1.87 bits per heavy atom. The zero-order chi connectivity index (χ0) is 22.4. The molecule has 0 amide bonds. The highest BCUT2D eigenvalue weighted by atomic mass is 32.2. The van der Waals surface area contributed by atoms with E-state index in [4.69, 9.17) is 8.97 Å². The van der Waals surface area contributed by atoms with Crippen LogP contribution in [0.2, 0.25) is 0 Å². The van der Waals surface area contributed by atoms with Crippen LogP contribution in [0.4, 0.5) is 13.2 Å². The van der Waals surface area contributed by atoms with Crippen LogP contribution in [0.3, 0.4) is 0 Å². The summed E-state index contributed by atoms with van der Waals surface area (Å²) in [5, 5.41) is -0.555. The predicted molar refractivity (Wildman–Crippen MR) is 102 cm³/mol. The van der Waals surface area contributed by atoms with Crippen molar-refractivity contribution in [3.8, 4) is 11.4 Å². The number of furan rings is 1. The Morgan fingerprint density at radius 3 is 2.48 bits per heavy atom. The van der Waals surface area contributed by atoms with Gasteiger partial charge in [0.05, 0.1) is 23.4 Å². The summed E-state index contributed by atoms with van der Waals surface area (Å²) in [6.45, 7) is 0.944. The second kappa shape index (κ2) is 7.62. The first-order valence-electron chi connectivity index (χ1n) is 9.09. The van der Waals surface area contributed by atoms with Crippen molar-refractivity contribution in [2.75, 3.05) is 6.54 Å². The van der Waals surface area contributed by atoms with Gasteiger partial charge in [0.15, 0.2) is 0 Å². The van der Waals surface area contributed by atoms with Crippen molar-refractivity contribution in [2.24, 2.45) is 0 Å². The number of nitrogens with one attached hydrogen (secondary N) is 1. The van der Waals surface area contributed by atoms with Crippen LogP contribution in [-0.4, -0.2) is 34.4 Å². The van der Waals surface area contributed by atoms with Gasteiger partial charge in [0.1, 0.15) is 11.6 Å². The highest BCUT2D eigenvalue weighted by Crippen LogP contribution is 2.30. The monoisotopic (exact) mass is 455 g/mol. The number of aromatic nitrogens is 2. The number of H-pyrrole nitrogens is 1. The molecular formula is C19H16F3N3O5S. The van der Waals surface area contributed by atoms with Gasteiger partial charge >= 0.3 is 16.3 Å². The van der Waals surface area contributed by atoms with Gasteiger partial charge in [0.25, 0.3) is 5.56 Å². The highest BCUT2D eigenvalue weighted by molar-refractivity contribution is 7.85. The Labute approximate surface area is 174 Å². The molecule has 0 saturated carbocycles. The SMILES string of the molecule is O=c1[nH]c(-c2ccc(C(F)(F)F)cc2)nc2c1CN(Cc1ccc(S(=O)(=O)O)o1)CC2. The number of nitrogens with zero attached hydrogens (tertiary/aromatic N) is 2. The van der Waals surface area contributed by atoms with Crippen LogP contribution in [0.25, 0.3) is 11.4 Å². The fraction of sp³-hybridized carbons (Fsp3) is 0.263. The molecule has 1 aliphatic rings. The minimum absolute atomic E-state index is 0.190. The summed E-state index contributed by atoms with van der Waals surface area (Å²) in [6, 6.07) is 6.95. The van der Waals surface area contributed by atoms with Gasteiger partial charge in [-0.25, -0.2) is 4.98 Å². The summed E-state index contributed by atoms with van der Waals surface area (Å²) in [6.07, 6.45) is -4.03. The predicted octanol–water partition coefficient (Wildman–Crippen LogP) is 2.85. The number of aromatic amines is 1. The van der Waals surface area contributed by atoms with Gasteiger partial charge in [-0.1, -0.05) is 12.1 Å². The second-order valence-corrected chi connectivity index (χ2v) is 8.42. The summed E-state index contributed by atoms with van der Waals surface area (Å²) in [4.78, 5) is 21.5. The van der Waals surface area contributed by atoms with Crippen LogP contribution in [0.5, 0.6) is 0 Å². The number of rotatable bonds is 4. The molecule has 12 heteroatoms. The molecule has 0 saturated heterocycles. The van der Waals surface area contributed by atoms with E-state index in [2.05, 4.69) is 9.97 Å². The zero-order valence-corrected chi connectivity index (χ0v) is 16.6. The smallest absolute Gasteiger partial charge is 0.416 e. The average Bonchev–Trinajstić information content (AvgIpc) is 3.17. The fourth-order valence-electron chi connectivity index (χ4n) is 3.37. The maximum Gasteiger partial charge on any atom is 0.416 e. The molecule has 0 unspecified atom stereocenters. The Balaban J connectivity index is 1.53. The molecule has 3 heterocycles. The van der Waals surface area contributed by atoms with E-state index in [0.717, 1.165) is 18.2 Å². The van der Waals surface area contributed by atoms with Gasteiger partial charge in [-0.2, -0.15) is 21.6 Å². The maximum absolute atomic E-state index is 12.7. The first-order valence-corrected chi connectivity index (χ1v) is 10.5. The van der Waals surface area contributed by atoms with Crippen LogP contribution in [0, 0.1) is 0 Å². The lowest BCUT2D eigenvalue weighted by Crippen LogP contribution is -2.35. The third-order valence-corrected chi connectivity index (χ3v) is 5.63. The molecule has 2 aromatic heterocycles. The minimum Gasteiger partial charge on any atom is -0.446 e. The Morgan fingerprint density at radius 1 is 1.16 bits per heavy atom. The van der Waals surface area contributed by atoms with E-state index in [1.54, 1.807) is 0 Å². The van der Waals surface area contributed by atoms with Crippen LogP contribution < -0.4 is 5.56 Å². The van der Waals surface area contributed by atoms with Crippen molar-refractivity contribution in [3.63, 3.8) is 0 Å². The average molecular weight is 455 g/mol. The first kappa shape index (κ1) is 21.3. The molecule has 0 radical (unpaired) electrons. The van der Waals surface area contributed by atoms with Crippen LogP contribution in [0.1, 0.15) is 22.6 Å². The summed E-state index contributed by atoms with van der Waals surface area (Å²) < 4.78 is 74.5. The van der Waals surface area contributed by atoms with Gasteiger partial charge < -0.3 is 9.40 Å². The van der Waals surface area contributed by atoms with Crippen molar-refractivity contribution in [2.45, 2.75) is 30.8 Å². The van der Waals surface area contributed by atoms with E-state index in [0.29, 0.717) is 35.5 Å². The normalized spacial score (nSPS) is 15.1. The number of fused-ring (bicyclic) bond motifs is 1. The number of alkyl halides is 3. The summed E-state index contributed by atoms with van der Waals surface area (Å²) in [7, 11) is -4.43. The highest BCUT2D eigenvalue weighted by Gasteiger charge is 2.30. The molecule has 2 N–H and O–H groups in total. The van der Waals surface area contributed by atoms with Crippen LogP contribution in [-0.2, 0) is 35.8 Å². The van der Waals surface area contributed by atoms with Gasteiger partial charge in [-0.15, -0.1) is 0 Å². The minimum atomic E-state index is -4.45. The quantitative estimate of drug-likeness (QED) is 0.581. The van der Waals surface area contributed by atoms with Gasteiger partial charge in [-0.3, -0.25) is 14.2 Å². The molecule has 8 nitrogen and oxygen atoms in total. The van der Waals surface area contributed by atoms with E-state index in [1.165, 1.54) is 18.2 Å². The number of hydrogen-bond donors (Lipinski definition) is 2. The Hall–Kier alpha value is -2.96. The summed E-state index contributed by atoms with van der Waals surface area (Å²) in [5.74, 6) is 0.497. The van der Waals surface area contributed by atoms with Gasteiger partial charge in [0.2, 0.25) is 5.09 Å². The van der Waals surface area contributed by atoms with E-state index in [1.807, 2.05) is 4.90 Å². The number of halogens is 3. The van der Waals surface area contributed by atoms with Gasteiger partial charge in [-0.05, 0) is 24.3 Å². The van der Waals surface area contributed by atoms with E-state index in [-0.39, 0.29) is 18.9 Å². The molecule has 4 rings (SSSR count). The lowest BCUT2D eigenvalue weighted by Gasteiger charge is -2.26. The number of hydrogen-bond acceptors (Lipinski definition) is 6. The topological polar surface area (TPSA) is 116 Å². The molecule has 1 aliphatic heterocycles. The Bertz CT molecular complexity index is 1280. The van der Waals surface area contributed by atoms with Crippen LogP contribution >= 0.6 is 0 Å². The van der Waals surface area contributed by atoms with Crippen molar-refractivity contribution in [1.82, 2.24) is 14.9 Å². The maximum atomic E-state index is 12.7. The second-order valence-electron chi connectivity index (χ2n) is 7.07. The zero-order valence-electron chi connectivity index (χ0n) is 15.8. The molecular weight excluding hydrogens is 439 g/mol. The molecule has 0 atom stereocenters.